The number of hydrogen-bond donors (Lipinski definition) is 1. The van der Waals surface area contributed by atoms with Gasteiger partial charge in [0.25, 0.3) is 0 Å². The van der Waals surface area contributed by atoms with Gasteiger partial charge in [-0.2, -0.15) is 0 Å². The topological polar surface area (TPSA) is 29.1 Å². The molecule has 3 heteroatoms. The third-order valence-electron chi connectivity index (χ3n) is 3.16. The van der Waals surface area contributed by atoms with Gasteiger partial charge < -0.3 is 5.32 Å². The Balaban J connectivity index is 2.61. The highest BCUT2D eigenvalue weighted by molar-refractivity contribution is 7.84. The van der Waals surface area contributed by atoms with Crippen LogP contribution in [0.15, 0.2) is 24.3 Å². The van der Waals surface area contributed by atoms with Crippen molar-refractivity contribution in [3.8, 4) is 0 Å². The van der Waals surface area contributed by atoms with Crippen molar-refractivity contribution in [3.05, 3.63) is 35.4 Å². The van der Waals surface area contributed by atoms with Crippen LogP contribution in [-0.4, -0.2) is 23.1 Å². The molecule has 0 heterocycles. The first-order valence-electron chi connectivity index (χ1n) is 6.40. The molecule has 0 aliphatic rings. The standard InChI is InChI=1S/C15H25NOS/c1-12-7-6-8-13(9-12)10-18(17)11-14(16-5)15(2,3)4/h6-9,14,16H,10-11H2,1-5H3. The lowest BCUT2D eigenvalue weighted by Gasteiger charge is -2.30. The van der Waals surface area contributed by atoms with E-state index in [2.05, 4.69) is 51.2 Å². The van der Waals surface area contributed by atoms with Gasteiger partial charge in [0.05, 0.1) is 0 Å². The monoisotopic (exact) mass is 267 g/mol. The molecule has 0 saturated carbocycles. The van der Waals surface area contributed by atoms with Crippen molar-refractivity contribution in [2.75, 3.05) is 12.8 Å². The van der Waals surface area contributed by atoms with Gasteiger partial charge in [0.1, 0.15) is 0 Å². The average molecular weight is 267 g/mol. The Hall–Kier alpha value is -0.670. The molecule has 1 aromatic carbocycles. The first-order chi connectivity index (χ1) is 8.32. The fourth-order valence-electron chi connectivity index (χ4n) is 2.00. The third kappa shape index (κ3) is 4.91. The van der Waals surface area contributed by atoms with E-state index in [0.29, 0.717) is 11.5 Å². The SMILES string of the molecule is CNC(CS(=O)Cc1cccc(C)c1)C(C)(C)C. The highest BCUT2D eigenvalue weighted by atomic mass is 32.2. The van der Waals surface area contributed by atoms with Crippen LogP contribution >= 0.6 is 0 Å². The quantitative estimate of drug-likeness (QED) is 0.889. The zero-order valence-electron chi connectivity index (χ0n) is 12.1. The summed E-state index contributed by atoms with van der Waals surface area (Å²) >= 11 is 0. The number of rotatable bonds is 5. The maximum atomic E-state index is 12.2. The van der Waals surface area contributed by atoms with Gasteiger partial charge in [-0.25, -0.2) is 0 Å². The zero-order valence-corrected chi connectivity index (χ0v) is 12.9. The normalized spacial score (nSPS) is 15.4. The highest BCUT2D eigenvalue weighted by Crippen LogP contribution is 2.20. The molecular weight excluding hydrogens is 242 g/mol. The van der Waals surface area contributed by atoms with Crippen LogP contribution in [0, 0.1) is 12.3 Å². The van der Waals surface area contributed by atoms with E-state index in [1.54, 1.807) is 0 Å². The highest BCUT2D eigenvalue weighted by Gasteiger charge is 2.24. The minimum Gasteiger partial charge on any atom is -0.316 e. The number of nitrogens with one attached hydrogen (secondary N) is 1. The fraction of sp³-hybridized carbons (Fsp3) is 0.600. The maximum absolute atomic E-state index is 12.2. The number of benzene rings is 1. The van der Waals surface area contributed by atoms with E-state index in [1.807, 2.05) is 13.1 Å². The van der Waals surface area contributed by atoms with Crippen molar-refractivity contribution < 1.29 is 4.21 Å². The second-order valence-electron chi connectivity index (χ2n) is 5.95. The first-order valence-corrected chi connectivity index (χ1v) is 7.89. The average Bonchev–Trinajstić information content (AvgIpc) is 2.24. The number of hydrogen-bond acceptors (Lipinski definition) is 2. The summed E-state index contributed by atoms with van der Waals surface area (Å²) in [5.41, 5.74) is 2.53. The van der Waals surface area contributed by atoms with Gasteiger partial charge in [-0.3, -0.25) is 4.21 Å². The van der Waals surface area contributed by atoms with Crippen LogP contribution in [0.4, 0.5) is 0 Å². The summed E-state index contributed by atoms with van der Waals surface area (Å²) < 4.78 is 12.2. The van der Waals surface area contributed by atoms with Gasteiger partial charge in [-0.1, -0.05) is 50.6 Å². The molecule has 1 aromatic rings. The van der Waals surface area contributed by atoms with Gasteiger partial charge in [-0.15, -0.1) is 0 Å². The summed E-state index contributed by atoms with van der Waals surface area (Å²) in [5.74, 6) is 1.35. The zero-order chi connectivity index (χ0) is 13.8. The van der Waals surface area contributed by atoms with Crippen LogP contribution in [0.2, 0.25) is 0 Å². The smallest absolute Gasteiger partial charge is 0.0486 e. The van der Waals surface area contributed by atoms with E-state index < -0.39 is 10.8 Å². The van der Waals surface area contributed by atoms with Crippen LogP contribution < -0.4 is 5.32 Å². The molecule has 0 aromatic heterocycles. The minimum absolute atomic E-state index is 0.136. The number of aryl methyl sites for hydroxylation is 1. The molecule has 0 fully saturated rings. The minimum atomic E-state index is -0.818. The van der Waals surface area contributed by atoms with Crippen LogP contribution in [0.25, 0.3) is 0 Å². The van der Waals surface area contributed by atoms with E-state index in [0.717, 1.165) is 5.56 Å². The third-order valence-corrected chi connectivity index (χ3v) is 4.52. The van der Waals surface area contributed by atoms with E-state index in [-0.39, 0.29) is 11.5 Å². The van der Waals surface area contributed by atoms with Gasteiger partial charge >= 0.3 is 0 Å². The molecule has 0 saturated heterocycles. The van der Waals surface area contributed by atoms with Crippen molar-refractivity contribution in [2.45, 2.75) is 39.5 Å². The summed E-state index contributed by atoms with van der Waals surface area (Å²) in [6.45, 7) is 8.60. The molecule has 2 atom stereocenters. The van der Waals surface area contributed by atoms with Crippen LogP contribution in [-0.2, 0) is 16.6 Å². The van der Waals surface area contributed by atoms with Gasteiger partial charge in [0.2, 0.25) is 0 Å². The summed E-state index contributed by atoms with van der Waals surface area (Å²) in [6.07, 6.45) is 0. The molecule has 0 spiro atoms. The molecule has 2 nitrogen and oxygen atoms in total. The Morgan fingerprint density at radius 2 is 2.00 bits per heavy atom. The lowest BCUT2D eigenvalue weighted by molar-refractivity contribution is 0.304. The molecule has 0 aliphatic carbocycles. The van der Waals surface area contributed by atoms with Crippen LogP contribution in [0.3, 0.4) is 0 Å². The lowest BCUT2D eigenvalue weighted by Crippen LogP contribution is -2.42. The van der Waals surface area contributed by atoms with Crippen molar-refractivity contribution in [1.29, 1.82) is 0 Å². The molecule has 0 radical (unpaired) electrons. The lowest BCUT2D eigenvalue weighted by atomic mass is 9.88. The van der Waals surface area contributed by atoms with Crippen LogP contribution in [0.5, 0.6) is 0 Å². The largest absolute Gasteiger partial charge is 0.316 e. The Bertz CT molecular complexity index is 409. The van der Waals surface area contributed by atoms with E-state index in [4.69, 9.17) is 0 Å². The molecule has 102 valence electrons. The maximum Gasteiger partial charge on any atom is 0.0486 e. The van der Waals surface area contributed by atoms with Crippen molar-refractivity contribution >= 4 is 10.8 Å². The van der Waals surface area contributed by atoms with Gasteiger partial charge in [0.15, 0.2) is 0 Å². The predicted molar refractivity (Wildman–Crippen MR) is 80.2 cm³/mol. The predicted octanol–water partition coefficient (Wildman–Crippen LogP) is 2.88. The molecule has 18 heavy (non-hydrogen) atoms. The van der Waals surface area contributed by atoms with E-state index >= 15 is 0 Å². The van der Waals surface area contributed by atoms with Crippen molar-refractivity contribution in [1.82, 2.24) is 5.32 Å². The Morgan fingerprint density at radius 1 is 1.33 bits per heavy atom. The second kappa shape index (κ2) is 6.48. The molecule has 0 aliphatic heterocycles. The Kier molecular flexibility index (Phi) is 5.54. The molecule has 0 bridgehead atoms. The van der Waals surface area contributed by atoms with Gasteiger partial charge in [0, 0.05) is 28.3 Å². The molecule has 1 N–H and O–H groups in total. The molecule has 2 unspecified atom stereocenters. The summed E-state index contributed by atoms with van der Waals surface area (Å²) in [4.78, 5) is 0. The van der Waals surface area contributed by atoms with Gasteiger partial charge in [-0.05, 0) is 24.9 Å². The van der Waals surface area contributed by atoms with Crippen molar-refractivity contribution in [2.24, 2.45) is 5.41 Å². The fourth-order valence-corrected chi connectivity index (χ4v) is 3.71. The van der Waals surface area contributed by atoms with Crippen LogP contribution in [0.1, 0.15) is 31.9 Å². The van der Waals surface area contributed by atoms with E-state index in [1.165, 1.54) is 5.56 Å². The Morgan fingerprint density at radius 3 is 2.50 bits per heavy atom. The Labute approximate surface area is 114 Å². The molecular formula is C15H25NOS. The van der Waals surface area contributed by atoms with E-state index in [9.17, 15) is 4.21 Å². The molecule has 1 rings (SSSR count). The van der Waals surface area contributed by atoms with Crippen molar-refractivity contribution in [3.63, 3.8) is 0 Å². The first kappa shape index (κ1) is 15.4. The summed E-state index contributed by atoms with van der Waals surface area (Å²) in [6, 6.07) is 8.54. The second-order valence-corrected chi connectivity index (χ2v) is 7.45. The summed E-state index contributed by atoms with van der Waals surface area (Å²) in [5, 5.41) is 3.28. The molecule has 0 amide bonds. The summed E-state index contributed by atoms with van der Waals surface area (Å²) in [7, 11) is 1.13.